The summed E-state index contributed by atoms with van der Waals surface area (Å²) >= 11 is 0. The summed E-state index contributed by atoms with van der Waals surface area (Å²) in [6, 6.07) is 3.39. The van der Waals surface area contributed by atoms with Crippen molar-refractivity contribution in [3.63, 3.8) is 0 Å². The van der Waals surface area contributed by atoms with Gasteiger partial charge in [0.25, 0.3) is 5.91 Å². The lowest BCUT2D eigenvalue weighted by molar-refractivity contribution is -0.126. The first-order valence-corrected chi connectivity index (χ1v) is 5.81. The smallest absolute Gasteiger partial charge is 0.250 e. The second kappa shape index (κ2) is 7.18. The van der Waals surface area contributed by atoms with Crippen LogP contribution in [0.25, 0.3) is 6.08 Å². The Bertz CT molecular complexity index is 511. The van der Waals surface area contributed by atoms with Gasteiger partial charge in [-0.15, -0.1) is 0 Å². The van der Waals surface area contributed by atoms with Crippen molar-refractivity contribution in [1.82, 2.24) is 5.32 Å². The average molecular weight is 279 g/mol. The molecular weight excluding hydrogens is 262 g/mol. The van der Waals surface area contributed by atoms with Gasteiger partial charge in [-0.05, 0) is 23.8 Å². The molecule has 2 amide bonds. The highest BCUT2D eigenvalue weighted by atomic mass is 16.5. The maximum absolute atomic E-state index is 11.4. The zero-order valence-corrected chi connectivity index (χ0v) is 11.9. The molecule has 1 aromatic rings. The van der Waals surface area contributed by atoms with Gasteiger partial charge in [-0.2, -0.15) is 0 Å². The maximum Gasteiger partial charge on any atom is 0.250 e. The quantitative estimate of drug-likeness (QED) is 0.824. The number of carbonyl (C=O) groups excluding carboxylic acids is 2. The number of nitrogens with one attached hydrogen (secondary N) is 1. The van der Waals surface area contributed by atoms with Crippen molar-refractivity contribution in [2.75, 3.05) is 21.3 Å². The largest absolute Gasteiger partial charge is 0.493 e. The Labute approximate surface area is 117 Å². The fourth-order valence-electron chi connectivity index (χ4n) is 1.58. The first-order chi connectivity index (χ1) is 9.51. The van der Waals surface area contributed by atoms with Gasteiger partial charge in [0.05, 0.1) is 21.3 Å². The first-order valence-electron chi connectivity index (χ1n) is 5.81. The van der Waals surface area contributed by atoms with Crippen molar-refractivity contribution < 1.29 is 23.8 Å². The van der Waals surface area contributed by atoms with Gasteiger partial charge < -0.3 is 14.2 Å². The van der Waals surface area contributed by atoms with Gasteiger partial charge in [0.1, 0.15) is 0 Å². The lowest BCUT2D eigenvalue weighted by Gasteiger charge is -2.12. The highest BCUT2D eigenvalue weighted by Crippen LogP contribution is 2.38. The number of rotatable bonds is 5. The summed E-state index contributed by atoms with van der Waals surface area (Å²) in [5.74, 6) is 0.535. The van der Waals surface area contributed by atoms with Crippen molar-refractivity contribution in [2.45, 2.75) is 6.92 Å². The minimum Gasteiger partial charge on any atom is -0.493 e. The van der Waals surface area contributed by atoms with E-state index in [9.17, 15) is 9.59 Å². The van der Waals surface area contributed by atoms with Gasteiger partial charge in [-0.3, -0.25) is 14.9 Å². The number of ether oxygens (including phenoxy) is 3. The van der Waals surface area contributed by atoms with Crippen LogP contribution in [-0.2, 0) is 9.59 Å². The van der Waals surface area contributed by atoms with E-state index in [2.05, 4.69) is 5.32 Å². The Morgan fingerprint density at radius 3 is 2.00 bits per heavy atom. The van der Waals surface area contributed by atoms with Crippen LogP contribution in [0.2, 0.25) is 0 Å². The molecule has 0 unspecified atom stereocenters. The van der Waals surface area contributed by atoms with E-state index in [1.807, 2.05) is 0 Å². The molecule has 20 heavy (non-hydrogen) atoms. The van der Waals surface area contributed by atoms with Crippen LogP contribution in [-0.4, -0.2) is 33.1 Å². The molecule has 0 fully saturated rings. The Morgan fingerprint density at radius 1 is 1.05 bits per heavy atom. The van der Waals surface area contributed by atoms with Gasteiger partial charge in [-0.1, -0.05) is 0 Å². The summed E-state index contributed by atoms with van der Waals surface area (Å²) in [7, 11) is 4.52. The minimum absolute atomic E-state index is 0.412. The average Bonchev–Trinajstić information content (AvgIpc) is 2.42. The molecule has 1 N–H and O–H groups in total. The van der Waals surface area contributed by atoms with E-state index < -0.39 is 11.8 Å². The predicted octanol–water partition coefficient (Wildman–Crippen LogP) is 1.39. The van der Waals surface area contributed by atoms with Crippen molar-refractivity contribution >= 4 is 17.9 Å². The molecule has 0 saturated heterocycles. The van der Waals surface area contributed by atoms with Crippen LogP contribution in [0.5, 0.6) is 17.2 Å². The number of carbonyl (C=O) groups is 2. The molecule has 0 aliphatic rings. The van der Waals surface area contributed by atoms with Crippen molar-refractivity contribution in [3.8, 4) is 17.2 Å². The number of methoxy groups -OCH3 is 3. The van der Waals surface area contributed by atoms with Crippen molar-refractivity contribution in [1.29, 1.82) is 0 Å². The van der Waals surface area contributed by atoms with E-state index in [1.165, 1.54) is 34.3 Å². The molecule has 1 aromatic carbocycles. The molecule has 0 aromatic heterocycles. The van der Waals surface area contributed by atoms with Crippen LogP contribution in [0.3, 0.4) is 0 Å². The van der Waals surface area contributed by atoms with Crippen molar-refractivity contribution in [3.05, 3.63) is 23.8 Å². The van der Waals surface area contributed by atoms with Gasteiger partial charge in [0.15, 0.2) is 11.5 Å². The Hall–Kier alpha value is -2.50. The summed E-state index contributed by atoms with van der Waals surface area (Å²) in [5, 5.41) is 2.14. The molecule has 0 spiro atoms. The molecule has 0 bridgehead atoms. The summed E-state index contributed by atoms with van der Waals surface area (Å²) < 4.78 is 15.6. The zero-order chi connectivity index (χ0) is 15.1. The maximum atomic E-state index is 11.4. The zero-order valence-electron chi connectivity index (χ0n) is 11.9. The van der Waals surface area contributed by atoms with Crippen LogP contribution in [0.1, 0.15) is 12.5 Å². The fourth-order valence-corrected chi connectivity index (χ4v) is 1.58. The molecule has 6 nitrogen and oxygen atoms in total. The highest BCUT2D eigenvalue weighted by Gasteiger charge is 2.12. The van der Waals surface area contributed by atoms with Gasteiger partial charge in [0.2, 0.25) is 11.7 Å². The van der Waals surface area contributed by atoms with Crippen LogP contribution in [0.4, 0.5) is 0 Å². The SMILES string of the molecule is COc1cc(/C=C/C(=O)NC(C)=O)cc(OC)c1OC. The fraction of sp³-hybridized carbons (Fsp3) is 0.286. The summed E-state index contributed by atoms with van der Waals surface area (Å²) in [4.78, 5) is 22.1. The first kappa shape index (κ1) is 15.6. The van der Waals surface area contributed by atoms with Crippen LogP contribution < -0.4 is 19.5 Å². The summed E-state index contributed by atoms with van der Waals surface area (Å²) in [6.45, 7) is 1.27. The third kappa shape index (κ3) is 4.01. The molecule has 0 aliphatic carbocycles. The van der Waals surface area contributed by atoms with Crippen LogP contribution in [0.15, 0.2) is 18.2 Å². The predicted molar refractivity (Wildman–Crippen MR) is 74.0 cm³/mol. The molecular formula is C14H17NO5. The van der Waals surface area contributed by atoms with Crippen LogP contribution in [0, 0.1) is 0 Å². The third-order valence-electron chi connectivity index (χ3n) is 2.41. The number of imide groups is 1. The number of benzene rings is 1. The molecule has 108 valence electrons. The molecule has 0 heterocycles. The van der Waals surface area contributed by atoms with E-state index in [1.54, 1.807) is 18.2 Å². The summed E-state index contributed by atoms with van der Waals surface area (Å²) in [5.41, 5.74) is 0.679. The second-order valence-corrected chi connectivity index (χ2v) is 3.84. The number of amides is 2. The standard InChI is InChI=1S/C14H17NO5/c1-9(16)15-13(17)6-5-10-7-11(18-2)14(20-4)12(8-10)19-3/h5-8H,1-4H3,(H,15,16,17)/b6-5+. The number of hydrogen-bond acceptors (Lipinski definition) is 5. The molecule has 0 aliphatic heterocycles. The lowest BCUT2D eigenvalue weighted by Crippen LogP contribution is -2.25. The minimum atomic E-state index is -0.494. The summed E-state index contributed by atoms with van der Waals surface area (Å²) in [6.07, 6.45) is 2.80. The van der Waals surface area contributed by atoms with E-state index in [4.69, 9.17) is 14.2 Å². The Kier molecular flexibility index (Phi) is 5.58. The Morgan fingerprint density at radius 2 is 1.60 bits per heavy atom. The van der Waals surface area contributed by atoms with E-state index >= 15 is 0 Å². The molecule has 0 saturated carbocycles. The monoisotopic (exact) mass is 279 g/mol. The van der Waals surface area contributed by atoms with E-state index in [0.29, 0.717) is 22.8 Å². The highest BCUT2D eigenvalue weighted by molar-refractivity contribution is 6.02. The molecule has 1 rings (SSSR count). The van der Waals surface area contributed by atoms with Gasteiger partial charge in [0, 0.05) is 13.0 Å². The Balaban J connectivity index is 3.04. The lowest BCUT2D eigenvalue weighted by atomic mass is 10.1. The second-order valence-electron chi connectivity index (χ2n) is 3.84. The van der Waals surface area contributed by atoms with E-state index in [-0.39, 0.29) is 0 Å². The van der Waals surface area contributed by atoms with Crippen molar-refractivity contribution in [2.24, 2.45) is 0 Å². The van der Waals surface area contributed by atoms with Gasteiger partial charge in [-0.25, -0.2) is 0 Å². The molecule has 6 heteroatoms. The van der Waals surface area contributed by atoms with E-state index in [0.717, 1.165) is 0 Å². The van der Waals surface area contributed by atoms with Crippen LogP contribution >= 0.6 is 0 Å². The number of hydrogen-bond donors (Lipinski definition) is 1. The third-order valence-corrected chi connectivity index (χ3v) is 2.41. The molecule has 0 radical (unpaired) electrons. The normalized spacial score (nSPS) is 10.2. The topological polar surface area (TPSA) is 73.9 Å². The van der Waals surface area contributed by atoms with Gasteiger partial charge >= 0.3 is 0 Å². The molecule has 0 atom stereocenters.